The fourth-order valence-corrected chi connectivity index (χ4v) is 4.65. The lowest BCUT2D eigenvalue weighted by molar-refractivity contribution is 0.0986. The average molecular weight is 478 g/mol. The molecule has 0 aromatic heterocycles. The van der Waals surface area contributed by atoms with Crippen LogP contribution in [0.2, 0.25) is 0 Å². The van der Waals surface area contributed by atoms with Gasteiger partial charge in [0, 0.05) is 37.3 Å². The van der Waals surface area contributed by atoms with Crippen LogP contribution in [-0.2, 0) is 4.79 Å². The summed E-state index contributed by atoms with van der Waals surface area (Å²) in [6, 6.07) is 16.7. The molecule has 0 aliphatic carbocycles. The van der Waals surface area contributed by atoms with Crippen molar-refractivity contribution in [3.05, 3.63) is 65.9 Å². The second-order valence-corrected chi connectivity index (χ2v) is 9.14. The number of nitrogens with one attached hydrogen (secondary N) is 1. The molecule has 3 rings (SSSR count). The molecule has 6 nitrogen and oxygen atoms in total. The molecule has 2 aromatic rings. The van der Waals surface area contributed by atoms with Crippen LogP contribution in [0.3, 0.4) is 0 Å². The Morgan fingerprint density at radius 2 is 1.80 bits per heavy atom. The van der Waals surface area contributed by atoms with Crippen molar-refractivity contribution in [1.82, 2.24) is 10.2 Å². The molecule has 0 spiro atoms. The highest BCUT2D eigenvalue weighted by atomic mass is 16.5. The third-order valence-electron chi connectivity index (χ3n) is 6.73. The number of amides is 1. The minimum atomic E-state index is -0.0977. The molecule has 2 aromatic carbocycles. The number of anilines is 1. The first-order valence-corrected chi connectivity index (χ1v) is 12.9. The summed E-state index contributed by atoms with van der Waals surface area (Å²) >= 11 is 0. The average Bonchev–Trinajstić information content (AvgIpc) is 2.92. The van der Waals surface area contributed by atoms with Gasteiger partial charge in [0.05, 0.1) is 7.11 Å². The van der Waals surface area contributed by atoms with E-state index in [1.807, 2.05) is 30.3 Å². The second kappa shape index (κ2) is 14.3. The summed E-state index contributed by atoms with van der Waals surface area (Å²) < 4.78 is 5.22. The smallest absolute Gasteiger partial charge is 0.258 e. The zero-order chi connectivity index (χ0) is 24.9. The van der Waals surface area contributed by atoms with Gasteiger partial charge in [0.2, 0.25) is 0 Å². The van der Waals surface area contributed by atoms with Crippen molar-refractivity contribution < 1.29 is 14.3 Å². The van der Waals surface area contributed by atoms with E-state index >= 15 is 0 Å². The first-order chi connectivity index (χ1) is 17.2. The van der Waals surface area contributed by atoms with Gasteiger partial charge in [-0.15, -0.1) is 0 Å². The minimum absolute atomic E-state index is 0.0977. The summed E-state index contributed by atoms with van der Waals surface area (Å²) in [7, 11) is 1.61. The third kappa shape index (κ3) is 7.98. The van der Waals surface area contributed by atoms with Crippen LogP contribution in [-0.4, -0.2) is 56.6 Å². The molecule has 1 heterocycles. The maximum atomic E-state index is 13.4. The molecule has 0 unspecified atom stereocenters. The van der Waals surface area contributed by atoms with E-state index in [0.29, 0.717) is 30.0 Å². The molecule has 0 radical (unpaired) electrons. The Labute approximate surface area is 210 Å². The number of likely N-dealkylation sites (tertiary alicyclic amines) is 1. The van der Waals surface area contributed by atoms with Gasteiger partial charge in [-0.1, -0.05) is 25.1 Å². The Kier molecular flexibility index (Phi) is 10.9. The van der Waals surface area contributed by atoms with Gasteiger partial charge < -0.3 is 19.9 Å². The lowest BCUT2D eigenvalue weighted by atomic mass is 9.92. The van der Waals surface area contributed by atoms with Crippen LogP contribution in [0.25, 0.3) is 0 Å². The summed E-state index contributed by atoms with van der Waals surface area (Å²) in [5.74, 6) is 3.51. The van der Waals surface area contributed by atoms with Gasteiger partial charge in [-0.25, -0.2) is 4.79 Å². The van der Waals surface area contributed by atoms with Crippen LogP contribution in [0.5, 0.6) is 5.75 Å². The predicted octanol–water partition coefficient (Wildman–Crippen LogP) is 4.94. The molecule has 1 saturated heterocycles. The van der Waals surface area contributed by atoms with E-state index in [2.05, 4.69) is 23.1 Å². The van der Waals surface area contributed by atoms with Gasteiger partial charge >= 0.3 is 0 Å². The lowest BCUT2D eigenvalue weighted by Crippen LogP contribution is -2.37. The summed E-state index contributed by atoms with van der Waals surface area (Å²) in [6.45, 7) is 6.56. The van der Waals surface area contributed by atoms with Gasteiger partial charge in [-0.05, 0) is 87.5 Å². The van der Waals surface area contributed by atoms with Crippen molar-refractivity contribution in [3.63, 3.8) is 0 Å². The van der Waals surface area contributed by atoms with Crippen molar-refractivity contribution in [2.75, 3.05) is 44.7 Å². The van der Waals surface area contributed by atoms with Crippen molar-refractivity contribution >= 4 is 17.5 Å². The highest BCUT2D eigenvalue weighted by molar-refractivity contribution is 6.06. The van der Waals surface area contributed by atoms with Gasteiger partial charge in [-0.3, -0.25) is 4.79 Å². The zero-order valence-corrected chi connectivity index (χ0v) is 21.2. The molecule has 6 heteroatoms. The van der Waals surface area contributed by atoms with Gasteiger partial charge in [0.1, 0.15) is 17.4 Å². The van der Waals surface area contributed by atoms with Crippen molar-refractivity contribution in [1.29, 1.82) is 0 Å². The fraction of sp³-hybridized carbons (Fsp3) is 0.483. The molecule has 1 amide bonds. The predicted molar refractivity (Wildman–Crippen MR) is 142 cm³/mol. The van der Waals surface area contributed by atoms with Gasteiger partial charge in [-0.2, -0.15) is 0 Å². The molecule has 0 bridgehead atoms. The number of carbonyl (C=O) groups is 1. The van der Waals surface area contributed by atoms with Gasteiger partial charge in [0.25, 0.3) is 5.91 Å². The van der Waals surface area contributed by atoms with Crippen LogP contribution >= 0.6 is 0 Å². The van der Waals surface area contributed by atoms with Crippen LogP contribution < -0.4 is 15.0 Å². The molecule has 1 aliphatic heterocycles. The molecule has 0 atom stereocenters. The Balaban J connectivity index is 1.58. The van der Waals surface area contributed by atoms with E-state index in [0.717, 1.165) is 50.6 Å². The molecule has 1 fully saturated rings. The van der Waals surface area contributed by atoms with Crippen LogP contribution in [0.4, 0.5) is 5.69 Å². The summed E-state index contributed by atoms with van der Waals surface area (Å²) in [5.41, 5.74) is 2.06. The Bertz CT molecular complexity index is 947. The summed E-state index contributed by atoms with van der Waals surface area (Å²) in [6.07, 6.45) is 6.31. The third-order valence-corrected chi connectivity index (χ3v) is 6.73. The van der Waals surface area contributed by atoms with Crippen molar-refractivity contribution in [3.8, 4) is 5.75 Å². The van der Waals surface area contributed by atoms with Crippen LogP contribution in [0, 0.1) is 5.92 Å². The van der Waals surface area contributed by atoms with Crippen molar-refractivity contribution in [2.45, 2.75) is 45.4 Å². The quantitative estimate of drug-likeness (QED) is 0.327. The normalized spacial score (nSPS) is 13.8. The highest BCUT2D eigenvalue weighted by Crippen LogP contribution is 2.25. The maximum Gasteiger partial charge on any atom is 0.258 e. The molecule has 35 heavy (non-hydrogen) atoms. The Morgan fingerprint density at radius 3 is 2.43 bits per heavy atom. The molecule has 0 saturated carbocycles. The number of para-hydroxylation sites is 1. The number of hydrogen-bond acceptors (Lipinski definition) is 5. The summed E-state index contributed by atoms with van der Waals surface area (Å²) in [5, 5.41) is 3.47. The second-order valence-electron chi connectivity index (χ2n) is 9.14. The topological polar surface area (TPSA) is 61.9 Å². The first kappa shape index (κ1) is 26.5. The van der Waals surface area contributed by atoms with E-state index in [-0.39, 0.29) is 5.91 Å². The standard InChI is InChI=1S/C29H39N3O3/c1-3-18-30-19-7-8-24-15-20-31(21-16-24)27(23-33)17-22-32(26-9-5-4-6-10-26)29(34)25-11-13-28(35-2)14-12-25/h4-6,9-14,24,30H,3,7-8,15-22H2,1-2H3. The fourth-order valence-electron chi connectivity index (χ4n) is 4.65. The number of benzene rings is 2. The number of ether oxygens (including phenoxy) is 1. The Hall–Kier alpha value is -3.08. The molecular formula is C29H39N3O3. The molecular weight excluding hydrogens is 438 g/mol. The van der Waals surface area contributed by atoms with E-state index in [1.54, 1.807) is 36.3 Å². The molecule has 1 aliphatic rings. The number of hydrogen-bond donors (Lipinski definition) is 1. The van der Waals surface area contributed by atoms with E-state index < -0.39 is 0 Å². The monoisotopic (exact) mass is 477 g/mol. The van der Waals surface area contributed by atoms with E-state index in [9.17, 15) is 9.59 Å². The largest absolute Gasteiger partial charge is 0.497 e. The maximum absolute atomic E-state index is 13.4. The Morgan fingerprint density at radius 1 is 1.09 bits per heavy atom. The first-order valence-electron chi connectivity index (χ1n) is 12.9. The number of piperidine rings is 1. The van der Waals surface area contributed by atoms with E-state index in [1.165, 1.54) is 19.3 Å². The van der Waals surface area contributed by atoms with Crippen LogP contribution in [0.1, 0.15) is 55.8 Å². The number of methoxy groups -OCH3 is 1. The molecule has 188 valence electrons. The number of nitrogens with zero attached hydrogens (tertiary/aromatic N) is 2. The minimum Gasteiger partial charge on any atom is -0.497 e. The zero-order valence-electron chi connectivity index (χ0n) is 21.2. The van der Waals surface area contributed by atoms with E-state index in [4.69, 9.17) is 4.74 Å². The van der Waals surface area contributed by atoms with Crippen molar-refractivity contribution in [2.24, 2.45) is 5.92 Å². The van der Waals surface area contributed by atoms with Crippen LogP contribution in [0.15, 0.2) is 60.3 Å². The SMILES string of the molecule is CCCNCCCC1CCN(C(=C=O)CCN(C(=O)c2ccc(OC)cc2)c2ccccc2)CC1. The van der Waals surface area contributed by atoms with Gasteiger partial charge in [0.15, 0.2) is 0 Å². The lowest BCUT2D eigenvalue weighted by Gasteiger charge is -2.34. The summed E-state index contributed by atoms with van der Waals surface area (Å²) in [4.78, 5) is 29.2. The number of carbonyl (C=O) groups excluding carboxylic acids is 2. The number of rotatable bonds is 13. The molecule has 1 N–H and O–H groups in total. The highest BCUT2D eigenvalue weighted by Gasteiger charge is 2.23.